The number of hydrogen-bond donors (Lipinski definition) is 1. The standard InChI is InChI=1S/C15H16FN/c1-17-15(13-5-3-2-4-6-13)11-12-7-9-14(16)10-8-12/h2-10,15,17H,11H2,1H3. The van der Waals surface area contributed by atoms with Crippen molar-refractivity contribution in [2.45, 2.75) is 12.5 Å². The molecule has 2 aromatic rings. The van der Waals surface area contributed by atoms with Crippen LogP contribution in [0.2, 0.25) is 0 Å². The van der Waals surface area contributed by atoms with Gasteiger partial charge in [0.2, 0.25) is 0 Å². The molecule has 1 unspecified atom stereocenters. The van der Waals surface area contributed by atoms with E-state index in [4.69, 9.17) is 0 Å². The molecule has 0 aliphatic carbocycles. The monoisotopic (exact) mass is 229 g/mol. The van der Waals surface area contributed by atoms with Crippen LogP contribution in [0.1, 0.15) is 17.2 Å². The highest BCUT2D eigenvalue weighted by atomic mass is 19.1. The predicted molar refractivity (Wildman–Crippen MR) is 68.3 cm³/mol. The molecule has 17 heavy (non-hydrogen) atoms. The minimum atomic E-state index is -0.186. The molecule has 0 aliphatic rings. The van der Waals surface area contributed by atoms with Gasteiger partial charge in [-0.2, -0.15) is 0 Å². The fourth-order valence-corrected chi connectivity index (χ4v) is 1.93. The lowest BCUT2D eigenvalue weighted by atomic mass is 9.99. The number of hydrogen-bond acceptors (Lipinski definition) is 1. The van der Waals surface area contributed by atoms with Crippen molar-refractivity contribution in [3.8, 4) is 0 Å². The third-order valence-electron chi connectivity index (χ3n) is 2.90. The molecule has 0 saturated carbocycles. The molecule has 0 fully saturated rings. The van der Waals surface area contributed by atoms with Crippen LogP contribution < -0.4 is 5.32 Å². The summed E-state index contributed by atoms with van der Waals surface area (Å²) in [7, 11) is 1.95. The van der Waals surface area contributed by atoms with Gasteiger partial charge in [0.25, 0.3) is 0 Å². The Labute approximate surface area is 101 Å². The quantitative estimate of drug-likeness (QED) is 0.848. The molecule has 1 nitrogen and oxygen atoms in total. The molecular weight excluding hydrogens is 213 g/mol. The van der Waals surface area contributed by atoms with Crippen molar-refractivity contribution < 1.29 is 4.39 Å². The minimum Gasteiger partial charge on any atom is -0.313 e. The molecule has 1 N–H and O–H groups in total. The SMILES string of the molecule is CNC(Cc1ccc(F)cc1)c1ccccc1. The Balaban J connectivity index is 2.13. The van der Waals surface area contributed by atoms with Gasteiger partial charge in [0.1, 0.15) is 5.82 Å². The summed E-state index contributed by atoms with van der Waals surface area (Å²) in [6.07, 6.45) is 0.862. The number of nitrogens with one attached hydrogen (secondary N) is 1. The summed E-state index contributed by atoms with van der Waals surface area (Å²) in [5.74, 6) is -0.186. The van der Waals surface area contributed by atoms with Gasteiger partial charge in [-0.05, 0) is 36.7 Å². The molecular formula is C15H16FN. The average Bonchev–Trinajstić information content (AvgIpc) is 2.39. The summed E-state index contributed by atoms with van der Waals surface area (Å²) in [6.45, 7) is 0. The summed E-state index contributed by atoms with van der Waals surface area (Å²) in [5, 5.41) is 3.29. The third kappa shape index (κ3) is 3.14. The fourth-order valence-electron chi connectivity index (χ4n) is 1.93. The van der Waals surface area contributed by atoms with Crippen molar-refractivity contribution in [2.24, 2.45) is 0 Å². The Kier molecular flexibility index (Phi) is 3.89. The van der Waals surface area contributed by atoms with Crippen LogP contribution in [0.15, 0.2) is 54.6 Å². The van der Waals surface area contributed by atoms with Crippen LogP contribution in [-0.2, 0) is 6.42 Å². The van der Waals surface area contributed by atoms with Gasteiger partial charge in [-0.1, -0.05) is 42.5 Å². The highest BCUT2D eigenvalue weighted by Crippen LogP contribution is 2.17. The van der Waals surface area contributed by atoms with Gasteiger partial charge in [-0.3, -0.25) is 0 Å². The van der Waals surface area contributed by atoms with E-state index in [1.54, 1.807) is 0 Å². The Morgan fingerprint density at radius 1 is 1.00 bits per heavy atom. The van der Waals surface area contributed by atoms with Gasteiger partial charge in [0.05, 0.1) is 0 Å². The predicted octanol–water partition coefficient (Wildman–Crippen LogP) is 3.33. The van der Waals surface area contributed by atoms with E-state index >= 15 is 0 Å². The maximum absolute atomic E-state index is 12.8. The Hall–Kier alpha value is -1.67. The van der Waals surface area contributed by atoms with Crippen molar-refractivity contribution in [2.75, 3.05) is 7.05 Å². The van der Waals surface area contributed by atoms with E-state index < -0.39 is 0 Å². The van der Waals surface area contributed by atoms with Gasteiger partial charge in [0.15, 0.2) is 0 Å². The lowest BCUT2D eigenvalue weighted by molar-refractivity contribution is 0.589. The Morgan fingerprint density at radius 3 is 2.24 bits per heavy atom. The van der Waals surface area contributed by atoms with E-state index in [0.717, 1.165) is 12.0 Å². The number of benzene rings is 2. The topological polar surface area (TPSA) is 12.0 Å². The maximum atomic E-state index is 12.8. The fraction of sp³-hybridized carbons (Fsp3) is 0.200. The van der Waals surface area contributed by atoms with Crippen LogP contribution in [-0.4, -0.2) is 7.05 Å². The molecule has 0 bridgehead atoms. The Morgan fingerprint density at radius 2 is 1.65 bits per heavy atom. The molecule has 1 atom stereocenters. The van der Waals surface area contributed by atoms with E-state index in [1.165, 1.54) is 17.7 Å². The van der Waals surface area contributed by atoms with Gasteiger partial charge >= 0.3 is 0 Å². The summed E-state index contributed by atoms with van der Waals surface area (Å²) in [5.41, 5.74) is 2.38. The zero-order valence-corrected chi connectivity index (χ0v) is 9.86. The zero-order chi connectivity index (χ0) is 12.1. The molecule has 0 aliphatic heterocycles. The van der Waals surface area contributed by atoms with Crippen molar-refractivity contribution in [1.29, 1.82) is 0 Å². The van der Waals surface area contributed by atoms with Crippen molar-refractivity contribution in [3.63, 3.8) is 0 Å². The molecule has 0 heterocycles. The molecule has 0 aromatic heterocycles. The van der Waals surface area contributed by atoms with Crippen LogP contribution >= 0.6 is 0 Å². The van der Waals surface area contributed by atoms with E-state index in [1.807, 2.05) is 37.4 Å². The van der Waals surface area contributed by atoms with Gasteiger partial charge in [-0.25, -0.2) is 4.39 Å². The van der Waals surface area contributed by atoms with Crippen LogP contribution in [0.25, 0.3) is 0 Å². The molecule has 88 valence electrons. The van der Waals surface area contributed by atoms with E-state index in [-0.39, 0.29) is 11.9 Å². The first-order valence-electron chi connectivity index (χ1n) is 5.76. The van der Waals surface area contributed by atoms with Crippen LogP contribution in [0.3, 0.4) is 0 Å². The maximum Gasteiger partial charge on any atom is 0.123 e. The second-order valence-corrected chi connectivity index (χ2v) is 4.08. The molecule has 0 amide bonds. The van der Waals surface area contributed by atoms with Crippen molar-refractivity contribution >= 4 is 0 Å². The van der Waals surface area contributed by atoms with Crippen LogP contribution in [0.4, 0.5) is 4.39 Å². The minimum absolute atomic E-state index is 0.186. The van der Waals surface area contributed by atoms with Gasteiger partial charge in [0, 0.05) is 6.04 Å². The summed E-state index contributed by atoms with van der Waals surface area (Å²) in [4.78, 5) is 0. The first kappa shape index (κ1) is 11.8. The molecule has 2 rings (SSSR count). The largest absolute Gasteiger partial charge is 0.313 e. The van der Waals surface area contributed by atoms with Crippen molar-refractivity contribution in [3.05, 3.63) is 71.5 Å². The summed E-state index contributed by atoms with van der Waals surface area (Å²) < 4.78 is 12.8. The average molecular weight is 229 g/mol. The van der Waals surface area contributed by atoms with Crippen LogP contribution in [0, 0.1) is 5.82 Å². The molecule has 2 heteroatoms. The van der Waals surface area contributed by atoms with Crippen LogP contribution in [0.5, 0.6) is 0 Å². The molecule has 0 spiro atoms. The number of halogens is 1. The third-order valence-corrected chi connectivity index (χ3v) is 2.90. The van der Waals surface area contributed by atoms with Crippen molar-refractivity contribution in [1.82, 2.24) is 5.32 Å². The lowest BCUT2D eigenvalue weighted by Gasteiger charge is -2.16. The second kappa shape index (κ2) is 5.60. The highest BCUT2D eigenvalue weighted by molar-refractivity contribution is 5.23. The lowest BCUT2D eigenvalue weighted by Crippen LogP contribution is -2.18. The molecule has 0 saturated heterocycles. The van der Waals surface area contributed by atoms with E-state index in [2.05, 4.69) is 17.4 Å². The Bertz CT molecular complexity index is 450. The molecule has 2 aromatic carbocycles. The summed E-state index contributed by atoms with van der Waals surface area (Å²) in [6, 6.07) is 17.2. The van der Waals surface area contributed by atoms with Gasteiger partial charge < -0.3 is 5.32 Å². The van der Waals surface area contributed by atoms with E-state index in [0.29, 0.717) is 0 Å². The number of likely N-dealkylation sites (N-methyl/N-ethyl adjacent to an activating group) is 1. The normalized spacial score (nSPS) is 12.4. The number of rotatable bonds is 4. The smallest absolute Gasteiger partial charge is 0.123 e. The first-order chi connectivity index (χ1) is 8.29. The summed E-state index contributed by atoms with van der Waals surface area (Å²) >= 11 is 0. The molecule has 0 radical (unpaired) electrons. The van der Waals surface area contributed by atoms with E-state index in [9.17, 15) is 4.39 Å². The highest BCUT2D eigenvalue weighted by Gasteiger charge is 2.09. The second-order valence-electron chi connectivity index (χ2n) is 4.08. The van der Waals surface area contributed by atoms with Gasteiger partial charge in [-0.15, -0.1) is 0 Å². The zero-order valence-electron chi connectivity index (χ0n) is 9.86. The first-order valence-corrected chi connectivity index (χ1v) is 5.76.